The number of hydrogen-bond acceptors (Lipinski definition) is 5. The normalized spacial score (nSPS) is 21.8. The molecule has 1 atom stereocenters. The lowest BCUT2D eigenvalue weighted by Gasteiger charge is -2.29. The van der Waals surface area contributed by atoms with Crippen molar-refractivity contribution in [2.24, 2.45) is 0 Å². The Morgan fingerprint density at radius 1 is 1.32 bits per heavy atom. The number of ether oxygens (including phenoxy) is 1. The second kappa shape index (κ2) is 8.31. The van der Waals surface area contributed by atoms with Crippen molar-refractivity contribution in [2.45, 2.75) is 25.4 Å². The topological polar surface area (TPSA) is 66.5 Å². The number of amides is 1. The highest BCUT2D eigenvalue weighted by Gasteiger charge is 2.22. The predicted molar refractivity (Wildman–Crippen MR) is 88.8 cm³/mol. The van der Waals surface area contributed by atoms with Crippen LogP contribution in [0.4, 0.5) is 11.5 Å². The van der Waals surface area contributed by atoms with Gasteiger partial charge in [0.1, 0.15) is 11.9 Å². The molecule has 3 heterocycles. The van der Waals surface area contributed by atoms with Crippen LogP contribution >= 0.6 is 12.4 Å². The first-order valence-electron chi connectivity index (χ1n) is 7.67. The van der Waals surface area contributed by atoms with Gasteiger partial charge in [0.05, 0.1) is 11.9 Å². The van der Waals surface area contributed by atoms with Crippen LogP contribution < -0.4 is 15.5 Å². The number of nitrogens with zero attached hydrogens (tertiary/aromatic N) is 2. The third-order valence-electron chi connectivity index (χ3n) is 3.95. The molecule has 2 fully saturated rings. The van der Waals surface area contributed by atoms with Crippen LogP contribution in [0.2, 0.25) is 0 Å². The van der Waals surface area contributed by atoms with Gasteiger partial charge in [0, 0.05) is 32.8 Å². The van der Waals surface area contributed by atoms with Gasteiger partial charge in [0.2, 0.25) is 0 Å². The van der Waals surface area contributed by atoms with Gasteiger partial charge in [-0.25, -0.2) is 4.98 Å². The van der Waals surface area contributed by atoms with Crippen molar-refractivity contribution >= 4 is 29.8 Å². The number of nitrogens with one attached hydrogen (secondary N) is 2. The molecule has 0 radical (unpaired) electrons. The molecule has 22 heavy (non-hydrogen) atoms. The maximum atomic E-state index is 12.1. The van der Waals surface area contributed by atoms with E-state index in [1.54, 1.807) is 0 Å². The van der Waals surface area contributed by atoms with Gasteiger partial charge in [-0.15, -0.1) is 12.4 Å². The maximum Gasteiger partial charge on any atom is 0.254 e. The van der Waals surface area contributed by atoms with Crippen molar-refractivity contribution in [1.29, 1.82) is 0 Å². The van der Waals surface area contributed by atoms with Crippen molar-refractivity contribution in [3.63, 3.8) is 0 Å². The fraction of sp³-hybridized carbons (Fsp3) is 0.600. The van der Waals surface area contributed by atoms with Crippen molar-refractivity contribution in [3.8, 4) is 0 Å². The van der Waals surface area contributed by atoms with E-state index < -0.39 is 0 Å². The van der Waals surface area contributed by atoms with Crippen LogP contribution in [0.25, 0.3) is 0 Å². The molecule has 0 bridgehead atoms. The molecule has 7 heteroatoms. The van der Waals surface area contributed by atoms with Gasteiger partial charge in [-0.1, -0.05) is 0 Å². The Morgan fingerprint density at radius 2 is 2.14 bits per heavy atom. The fourth-order valence-corrected chi connectivity index (χ4v) is 2.72. The minimum Gasteiger partial charge on any atom is -0.368 e. The number of carbonyl (C=O) groups is 1. The molecule has 2 aliphatic heterocycles. The third kappa shape index (κ3) is 4.32. The highest BCUT2D eigenvalue weighted by Crippen LogP contribution is 2.17. The molecular weight excluding hydrogens is 304 g/mol. The molecule has 1 aromatic heterocycles. The summed E-state index contributed by atoms with van der Waals surface area (Å²) in [6.07, 6.45) is 4.38. The van der Waals surface area contributed by atoms with E-state index in [1.807, 2.05) is 18.3 Å². The maximum absolute atomic E-state index is 12.1. The van der Waals surface area contributed by atoms with Crippen LogP contribution in [0.15, 0.2) is 18.3 Å². The molecule has 2 saturated heterocycles. The number of piperazine rings is 1. The Hall–Kier alpha value is -1.37. The number of carbonyl (C=O) groups excluding carboxylic acids is 1. The molecular formula is C15H23ClN4O2. The van der Waals surface area contributed by atoms with Gasteiger partial charge in [0.15, 0.2) is 0 Å². The van der Waals surface area contributed by atoms with Crippen molar-refractivity contribution in [2.75, 3.05) is 43.0 Å². The van der Waals surface area contributed by atoms with E-state index in [4.69, 9.17) is 4.74 Å². The molecule has 1 amide bonds. The molecule has 0 saturated carbocycles. The summed E-state index contributed by atoms with van der Waals surface area (Å²) < 4.78 is 5.48. The molecule has 0 spiro atoms. The Labute approximate surface area is 137 Å². The van der Waals surface area contributed by atoms with Crippen LogP contribution in [0.3, 0.4) is 0 Å². The van der Waals surface area contributed by atoms with Crippen LogP contribution in [0, 0.1) is 0 Å². The Kier molecular flexibility index (Phi) is 6.42. The number of rotatable bonds is 3. The smallest absolute Gasteiger partial charge is 0.254 e. The molecule has 2 N–H and O–H groups in total. The predicted octanol–water partition coefficient (Wildman–Crippen LogP) is 1.42. The summed E-state index contributed by atoms with van der Waals surface area (Å²) >= 11 is 0. The van der Waals surface area contributed by atoms with Gasteiger partial charge in [-0.2, -0.15) is 0 Å². The molecule has 6 nitrogen and oxygen atoms in total. The monoisotopic (exact) mass is 326 g/mol. The first-order chi connectivity index (χ1) is 10.3. The van der Waals surface area contributed by atoms with Gasteiger partial charge in [-0.3, -0.25) is 4.79 Å². The second-order valence-electron chi connectivity index (χ2n) is 5.48. The highest BCUT2D eigenvalue weighted by atomic mass is 35.5. The summed E-state index contributed by atoms with van der Waals surface area (Å²) in [6.45, 7) is 4.65. The average molecular weight is 327 g/mol. The van der Waals surface area contributed by atoms with E-state index in [0.29, 0.717) is 12.4 Å². The van der Waals surface area contributed by atoms with Crippen molar-refractivity contribution in [3.05, 3.63) is 18.3 Å². The summed E-state index contributed by atoms with van der Waals surface area (Å²) in [7, 11) is 0. The second-order valence-corrected chi connectivity index (χ2v) is 5.48. The largest absolute Gasteiger partial charge is 0.368 e. The average Bonchev–Trinajstić information content (AvgIpc) is 2.57. The number of anilines is 2. The molecule has 0 aliphatic carbocycles. The van der Waals surface area contributed by atoms with E-state index >= 15 is 0 Å². The van der Waals surface area contributed by atoms with E-state index in [9.17, 15) is 4.79 Å². The van der Waals surface area contributed by atoms with E-state index in [2.05, 4.69) is 20.5 Å². The summed E-state index contributed by atoms with van der Waals surface area (Å²) in [5.41, 5.74) is 1.10. The standard InChI is InChI=1S/C15H22N4O2.ClH/c20-15(13-3-1-2-10-21-13)18-14-5-4-12(11-17-14)19-8-6-16-7-9-19;/h4-5,11,13,16H,1-3,6-10H2,(H,17,18,20);1H. The lowest BCUT2D eigenvalue weighted by Crippen LogP contribution is -2.43. The van der Waals surface area contributed by atoms with Gasteiger partial charge in [-0.05, 0) is 31.4 Å². The van der Waals surface area contributed by atoms with Crippen molar-refractivity contribution in [1.82, 2.24) is 10.3 Å². The van der Waals surface area contributed by atoms with Crippen LogP contribution in [0.5, 0.6) is 0 Å². The zero-order valence-electron chi connectivity index (χ0n) is 12.6. The van der Waals surface area contributed by atoms with E-state index in [0.717, 1.165) is 51.1 Å². The molecule has 1 aromatic rings. The lowest BCUT2D eigenvalue weighted by atomic mass is 10.1. The molecule has 122 valence electrons. The lowest BCUT2D eigenvalue weighted by molar-refractivity contribution is -0.130. The Balaban J connectivity index is 0.00000176. The Morgan fingerprint density at radius 3 is 2.77 bits per heavy atom. The number of halogens is 1. The number of pyridine rings is 1. The van der Waals surface area contributed by atoms with Crippen molar-refractivity contribution < 1.29 is 9.53 Å². The van der Waals surface area contributed by atoms with E-state index in [1.165, 1.54) is 0 Å². The quantitative estimate of drug-likeness (QED) is 0.879. The summed E-state index contributed by atoms with van der Waals surface area (Å²) in [6, 6.07) is 3.87. The summed E-state index contributed by atoms with van der Waals surface area (Å²) in [5.74, 6) is 0.505. The van der Waals surface area contributed by atoms with Crippen LogP contribution in [-0.4, -0.2) is 49.8 Å². The zero-order valence-corrected chi connectivity index (χ0v) is 13.4. The third-order valence-corrected chi connectivity index (χ3v) is 3.95. The van der Waals surface area contributed by atoms with E-state index in [-0.39, 0.29) is 24.4 Å². The van der Waals surface area contributed by atoms with Gasteiger partial charge in [0.25, 0.3) is 5.91 Å². The Bertz CT molecular complexity index is 471. The molecule has 3 rings (SSSR count). The highest BCUT2D eigenvalue weighted by molar-refractivity contribution is 5.93. The molecule has 2 aliphatic rings. The van der Waals surface area contributed by atoms with Crippen LogP contribution in [0.1, 0.15) is 19.3 Å². The van der Waals surface area contributed by atoms with Crippen LogP contribution in [-0.2, 0) is 9.53 Å². The fourth-order valence-electron chi connectivity index (χ4n) is 2.72. The SMILES string of the molecule is Cl.O=C(Nc1ccc(N2CCNCC2)cn1)C1CCCCO1. The summed E-state index contributed by atoms with van der Waals surface area (Å²) in [4.78, 5) is 18.7. The zero-order chi connectivity index (χ0) is 14.5. The molecule has 1 unspecified atom stereocenters. The number of aromatic nitrogens is 1. The summed E-state index contributed by atoms with van der Waals surface area (Å²) in [5, 5.41) is 6.16. The first kappa shape index (κ1) is 17.0. The molecule has 0 aromatic carbocycles. The number of hydrogen-bond donors (Lipinski definition) is 2. The minimum absolute atomic E-state index is 0. The van der Waals surface area contributed by atoms with Gasteiger partial charge >= 0.3 is 0 Å². The first-order valence-corrected chi connectivity index (χ1v) is 7.67. The van der Waals surface area contributed by atoms with Gasteiger partial charge < -0.3 is 20.3 Å². The minimum atomic E-state index is -0.326.